The molecule has 188 valence electrons. The van der Waals surface area contributed by atoms with Crippen LogP contribution in [-0.2, 0) is 0 Å². The van der Waals surface area contributed by atoms with Crippen LogP contribution in [0.4, 0.5) is 0 Å². The fourth-order valence-corrected chi connectivity index (χ4v) is 12.1. The van der Waals surface area contributed by atoms with Crippen LogP contribution < -0.4 is 0 Å². The largest absolute Gasteiger partial charge is 0.0722 e. The Balaban J connectivity index is 1.91. The third kappa shape index (κ3) is 4.33. The second-order valence-electron chi connectivity index (χ2n) is 13.3. The van der Waals surface area contributed by atoms with Gasteiger partial charge in [0, 0.05) is 11.1 Å². The summed E-state index contributed by atoms with van der Waals surface area (Å²) in [6.45, 7) is 29.0. The van der Waals surface area contributed by atoms with Crippen LogP contribution in [0.1, 0.15) is 148 Å². The Labute approximate surface area is 217 Å². The van der Waals surface area contributed by atoms with Crippen LogP contribution in [-0.4, -0.2) is 8.07 Å². The molecular weight excluding hydrogens is 436 g/mol. The highest BCUT2D eigenvalue weighted by Gasteiger charge is 2.47. The highest BCUT2D eigenvalue weighted by Crippen LogP contribution is 2.54. The van der Waals surface area contributed by atoms with E-state index in [0.29, 0.717) is 34.8 Å². The fourth-order valence-electron chi connectivity index (χ4n) is 7.13. The molecule has 2 aromatic carbocycles. The maximum atomic E-state index is 2.68. The molecule has 2 aliphatic rings. The number of hydrogen-bond donors (Lipinski definition) is 0. The van der Waals surface area contributed by atoms with Gasteiger partial charge in [-0.1, -0.05) is 116 Å². The van der Waals surface area contributed by atoms with E-state index in [1.54, 1.807) is 33.4 Å². The molecular formula is C34H48Si. The normalized spacial score (nSPS) is 19.7. The van der Waals surface area contributed by atoms with Gasteiger partial charge >= 0.3 is 0 Å². The van der Waals surface area contributed by atoms with Crippen molar-refractivity contribution in [1.82, 2.24) is 0 Å². The van der Waals surface area contributed by atoms with Crippen LogP contribution in [0.3, 0.4) is 0 Å². The zero-order chi connectivity index (χ0) is 26.0. The van der Waals surface area contributed by atoms with E-state index in [9.17, 15) is 0 Å². The van der Waals surface area contributed by atoms with E-state index < -0.39 is 8.07 Å². The maximum absolute atomic E-state index is 2.68. The highest BCUT2D eigenvalue weighted by atomic mass is 28.3. The van der Waals surface area contributed by atoms with Crippen molar-refractivity contribution in [2.45, 2.75) is 117 Å². The number of allylic oxidation sites excluding steroid dienone is 2. The molecule has 0 amide bonds. The van der Waals surface area contributed by atoms with E-state index in [-0.39, 0.29) is 0 Å². The maximum Gasteiger partial charge on any atom is 0.0722 e. The van der Waals surface area contributed by atoms with Crippen molar-refractivity contribution in [3.8, 4) is 0 Å². The molecule has 0 nitrogen and oxygen atoms in total. The topological polar surface area (TPSA) is 0 Å². The lowest BCUT2D eigenvalue weighted by Gasteiger charge is -2.39. The summed E-state index contributed by atoms with van der Waals surface area (Å²) in [6.07, 6.45) is 5.10. The van der Waals surface area contributed by atoms with Gasteiger partial charge in [0.05, 0.1) is 8.07 Å². The van der Waals surface area contributed by atoms with Crippen LogP contribution in [0.25, 0.3) is 12.2 Å². The summed E-state index contributed by atoms with van der Waals surface area (Å²) in [6, 6.07) is 10.2. The van der Waals surface area contributed by atoms with Gasteiger partial charge in [0.2, 0.25) is 0 Å². The van der Waals surface area contributed by atoms with Crippen LogP contribution in [0.2, 0.25) is 13.1 Å². The molecule has 0 heterocycles. The van der Waals surface area contributed by atoms with E-state index in [1.807, 2.05) is 0 Å². The van der Waals surface area contributed by atoms with Crippen LogP contribution >= 0.6 is 0 Å². The predicted molar refractivity (Wildman–Crippen MR) is 160 cm³/mol. The van der Waals surface area contributed by atoms with Crippen molar-refractivity contribution in [3.63, 3.8) is 0 Å². The van der Waals surface area contributed by atoms with Crippen molar-refractivity contribution < 1.29 is 0 Å². The van der Waals surface area contributed by atoms with Crippen molar-refractivity contribution in [2.24, 2.45) is 0 Å². The van der Waals surface area contributed by atoms with Crippen LogP contribution in [0.5, 0.6) is 0 Å². The van der Waals surface area contributed by atoms with Gasteiger partial charge < -0.3 is 0 Å². The quantitative estimate of drug-likeness (QED) is 0.358. The Hall–Kier alpha value is -1.86. The molecule has 2 atom stereocenters. The lowest BCUT2D eigenvalue weighted by Crippen LogP contribution is -2.42. The SMILES string of the molecule is CC1=Cc2c(C(C)C)cc(C(C)C)cc2C1[Si](C)(C)C1C(C)=Cc2c(C(C)C)cc(C(C)C)cc21. The Kier molecular flexibility index (Phi) is 6.90. The van der Waals surface area contributed by atoms with Crippen molar-refractivity contribution in [2.75, 3.05) is 0 Å². The minimum absolute atomic E-state index is 0.547. The molecule has 2 aliphatic carbocycles. The molecule has 0 N–H and O–H groups in total. The van der Waals surface area contributed by atoms with Crippen molar-refractivity contribution >= 4 is 20.2 Å². The second-order valence-corrected chi connectivity index (χ2v) is 18.1. The Morgan fingerprint density at radius 3 is 1.17 bits per heavy atom. The van der Waals surface area contributed by atoms with Gasteiger partial charge in [0.25, 0.3) is 0 Å². The monoisotopic (exact) mass is 484 g/mol. The molecule has 1 heteroatoms. The first-order valence-corrected chi connectivity index (χ1v) is 17.1. The third-order valence-electron chi connectivity index (χ3n) is 8.87. The van der Waals surface area contributed by atoms with E-state index in [0.717, 1.165) is 0 Å². The lowest BCUT2D eigenvalue weighted by atomic mass is 9.89. The standard InChI is InChI=1S/C34H48Si/c1-19(2)25-15-27(21(5)6)29-13-23(9)33(31(29)17-25)35(11,12)34-24(10)14-30-28(22(7)8)16-26(20(3)4)18-32(30)34/h13-22,33-34H,1-12H3. The smallest absolute Gasteiger partial charge is 0.0679 e. The molecule has 4 rings (SSSR count). The van der Waals surface area contributed by atoms with E-state index in [2.05, 4.69) is 119 Å². The summed E-state index contributed by atoms with van der Waals surface area (Å²) in [7, 11) is -1.83. The Morgan fingerprint density at radius 2 is 0.886 bits per heavy atom. The summed E-state index contributed by atoms with van der Waals surface area (Å²) in [4.78, 5) is 0. The number of rotatable bonds is 6. The van der Waals surface area contributed by atoms with Gasteiger partial charge in [-0.15, -0.1) is 0 Å². The predicted octanol–water partition coefficient (Wildman–Crippen LogP) is 10.7. The average molecular weight is 485 g/mol. The molecule has 2 aromatic rings. The Morgan fingerprint density at radius 1 is 0.543 bits per heavy atom. The fraction of sp³-hybridized carbons (Fsp3) is 0.529. The average Bonchev–Trinajstić information content (AvgIpc) is 3.27. The van der Waals surface area contributed by atoms with E-state index in [4.69, 9.17) is 0 Å². The zero-order valence-corrected chi connectivity index (χ0v) is 25.4. The molecule has 0 saturated heterocycles. The van der Waals surface area contributed by atoms with E-state index in [1.165, 1.54) is 22.3 Å². The molecule has 0 saturated carbocycles. The first-order valence-electron chi connectivity index (χ1n) is 14.0. The molecule has 0 spiro atoms. The number of hydrogen-bond acceptors (Lipinski definition) is 0. The molecule has 0 radical (unpaired) electrons. The van der Waals surface area contributed by atoms with Gasteiger partial charge in [0.1, 0.15) is 0 Å². The summed E-state index contributed by atoms with van der Waals surface area (Å²) < 4.78 is 0. The van der Waals surface area contributed by atoms with Crippen molar-refractivity contribution in [3.05, 3.63) is 79.9 Å². The molecule has 0 bridgehead atoms. The summed E-state index contributed by atoms with van der Waals surface area (Å²) in [5.74, 6) is 2.21. The minimum Gasteiger partial charge on any atom is -0.0679 e. The molecule has 2 unspecified atom stereocenters. The summed E-state index contributed by atoms with van der Waals surface area (Å²) in [5, 5.41) is 0. The number of fused-ring (bicyclic) bond motifs is 2. The first kappa shape index (κ1) is 26.2. The van der Waals surface area contributed by atoms with Crippen LogP contribution in [0.15, 0.2) is 35.4 Å². The lowest BCUT2D eigenvalue weighted by molar-refractivity contribution is 0.822. The first-order chi connectivity index (χ1) is 16.2. The zero-order valence-electron chi connectivity index (χ0n) is 24.4. The Bertz CT molecular complexity index is 1110. The molecule has 0 fully saturated rings. The third-order valence-corrected chi connectivity index (χ3v) is 13.4. The number of benzene rings is 2. The van der Waals surface area contributed by atoms with Gasteiger partial charge in [-0.2, -0.15) is 0 Å². The van der Waals surface area contributed by atoms with Gasteiger partial charge in [-0.05, 0) is 82.0 Å². The van der Waals surface area contributed by atoms with Gasteiger partial charge in [0.15, 0.2) is 0 Å². The molecule has 0 aliphatic heterocycles. The second kappa shape index (κ2) is 9.22. The minimum atomic E-state index is -1.83. The highest BCUT2D eigenvalue weighted by molar-refractivity contribution is 6.81. The van der Waals surface area contributed by atoms with Gasteiger partial charge in [-0.25, -0.2) is 0 Å². The molecule has 0 aromatic heterocycles. The van der Waals surface area contributed by atoms with Crippen LogP contribution in [0, 0.1) is 0 Å². The van der Waals surface area contributed by atoms with Gasteiger partial charge in [-0.3, -0.25) is 0 Å². The summed E-state index contributed by atoms with van der Waals surface area (Å²) in [5.41, 5.74) is 16.7. The molecule has 35 heavy (non-hydrogen) atoms. The van der Waals surface area contributed by atoms with E-state index >= 15 is 0 Å². The van der Waals surface area contributed by atoms with Crippen molar-refractivity contribution in [1.29, 1.82) is 0 Å². The summed E-state index contributed by atoms with van der Waals surface area (Å²) >= 11 is 0.